The largest absolute Gasteiger partial charge is 0.337 e. The number of thioether (sulfide) groups is 1. The van der Waals surface area contributed by atoms with Gasteiger partial charge in [-0.15, -0.1) is 23.1 Å². The number of hydrogen-bond donors (Lipinski definition) is 0. The van der Waals surface area contributed by atoms with Gasteiger partial charge in [0.25, 0.3) is 5.91 Å². The molecule has 0 aliphatic rings. The molecule has 0 saturated heterocycles. The first-order valence-corrected chi connectivity index (χ1v) is 9.97. The Hall–Kier alpha value is -2.11. The van der Waals surface area contributed by atoms with Crippen LogP contribution in [0.3, 0.4) is 0 Å². The fraction of sp³-hybridized carbons (Fsp3) is 0.200. The quantitative estimate of drug-likeness (QED) is 0.573. The Morgan fingerprint density at radius 3 is 2.68 bits per heavy atom. The molecule has 1 aromatic heterocycles. The highest BCUT2D eigenvalue weighted by atomic mass is 32.2. The molecule has 0 spiro atoms. The summed E-state index contributed by atoms with van der Waals surface area (Å²) < 4.78 is 0. The average molecular weight is 369 g/mol. The molecule has 0 bridgehead atoms. The summed E-state index contributed by atoms with van der Waals surface area (Å²) in [6.45, 7) is 2.68. The lowest BCUT2D eigenvalue weighted by molar-refractivity contribution is 0.0781. The third-order valence-corrected chi connectivity index (χ3v) is 5.73. The molecule has 0 fully saturated rings. The zero-order valence-corrected chi connectivity index (χ0v) is 15.9. The van der Waals surface area contributed by atoms with Crippen molar-refractivity contribution in [1.82, 2.24) is 9.88 Å². The minimum Gasteiger partial charge on any atom is -0.337 e. The van der Waals surface area contributed by atoms with Crippen molar-refractivity contribution in [3.05, 3.63) is 81.8 Å². The maximum absolute atomic E-state index is 12.9. The summed E-state index contributed by atoms with van der Waals surface area (Å²) in [7, 11) is 1.86. The first-order valence-electron chi connectivity index (χ1n) is 8.04. The molecule has 0 aliphatic heterocycles. The van der Waals surface area contributed by atoms with E-state index in [2.05, 4.69) is 24.0 Å². The van der Waals surface area contributed by atoms with Crippen molar-refractivity contribution in [3.63, 3.8) is 0 Å². The van der Waals surface area contributed by atoms with Gasteiger partial charge in [0.1, 0.15) is 0 Å². The van der Waals surface area contributed by atoms with Crippen molar-refractivity contribution in [2.75, 3.05) is 7.05 Å². The number of amides is 1. The van der Waals surface area contributed by atoms with Gasteiger partial charge in [-0.2, -0.15) is 0 Å². The maximum atomic E-state index is 12.9. The number of carbonyl (C=O) groups excluding carboxylic acids is 1. The molecule has 5 heteroatoms. The van der Waals surface area contributed by atoms with Crippen LogP contribution in [0.2, 0.25) is 0 Å². The second-order valence-corrected chi connectivity index (χ2v) is 7.59. The third kappa shape index (κ3) is 4.50. The monoisotopic (exact) mass is 368 g/mol. The lowest BCUT2D eigenvalue weighted by Crippen LogP contribution is -2.27. The molecule has 0 atom stereocenters. The summed E-state index contributed by atoms with van der Waals surface area (Å²) in [6.07, 6.45) is 0. The van der Waals surface area contributed by atoms with Crippen LogP contribution in [0.1, 0.15) is 27.2 Å². The van der Waals surface area contributed by atoms with Crippen LogP contribution in [0.4, 0.5) is 0 Å². The van der Waals surface area contributed by atoms with E-state index in [1.165, 1.54) is 11.1 Å². The molecule has 3 rings (SSSR count). The van der Waals surface area contributed by atoms with Crippen molar-refractivity contribution >= 4 is 29.0 Å². The second kappa shape index (κ2) is 8.32. The number of aryl methyl sites for hydroxylation is 1. The van der Waals surface area contributed by atoms with E-state index in [0.29, 0.717) is 6.54 Å². The first-order chi connectivity index (χ1) is 12.1. The highest BCUT2D eigenvalue weighted by Crippen LogP contribution is 2.27. The molecule has 1 heterocycles. The molecular formula is C20H20N2OS2. The van der Waals surface area contributed by atoms with Gasteiger partial charge in [-0.3, -0.25) is 4.79 Å². The van der Waals surface area contributed by atoms with E-state index < -0.39 is 0 Å². The van der Waals surface area contributed by atoms with Gasteiger partial charge in [0, 0.05) is 29.6 Å². The molecule has 3 nitrogen and oxygen atoms in total. The van der Waals surface area contributed by atoms with Crippen LogP contribution in [0.15, 0.2) is 64.3 Å². The molecular weight excluding hydrogens is 348 g/mol. The van der Waals surface area contributed by atoms with E-state index >= 15 is 0 Å². The predicted molar refractivity (Wildman–Crippen MR) is 105 cm³/mol. The molecule has 0 radical (unpaired) electrons. The molecule has 0 unspecified atom stereocenters. The van der Waals surface area contributed by atoms with Crippen molar-refractivity contribution in [3.8, 4) is 0 Å². The summed E-state index contributed by atoms with van der Waals surface area (Å²) in [5.41, 5.74) is 6.01. The van der Waals surface area contributed by atoms with Crippen molar-refractivity contribution < 1.29 is 4.79 Å². The van der Waals surface area contributed by atoms with Gasteiger partial charge in [-0.05, 0) is 30.2 Å². The normalized spacial score (nSPS) is 10.6. The van der Waals surface area contributed by atoms with Crippen LogP contribution >= 0.6 is 23.1 Å². The zero-order chi connectivity index (χ0) is 17.6. The van der Waals surface area contributed by atoms with E-state index in [0.717, 1.165) is 21.9 Å². The Balaban J connectivity index is 1.74. The molecule has 25 heavy (non-hydrogen) atoms. The summed E-state index contributed by atoms with van der Waals surface area (Å²) in [5, 5.41) is 2.04. The number of benzene rings is 2. The molecule has 3 aromatic rings. The van der Waals surface area contributed by atoms with Gasteiger partial charge in [0.2, 0.25) is 0 Å². The smallest absolute Gasteiger partial charge is 0.255 e. The number of aromatic nitrogens is 1. The second-order valence-electron chi connectivity index (χ2n) is 5.85. The molecule has 2 aromatic carbocycles. The molecule has 1 amide bonds. The van der Waals surface area contributed by atoms with Crippen molar-refractivity contribution in [2.24, 2.45) is 0 Å². The minimum absolute atomic E-state index is 0.0460. The number of hydrogen-bond acceptors (Lipinski definition) is 4. The van der Waals surface area contributed by atoms with Crippen molar-refractivity contribution in [2.45, 2.75) is 24.1 Å². The summed E-state index contributed by atoms with van der Waals surface area (Å²) in [4.78, 5) is 20.0. The third-order valence-electron chi connectivity index (χ3n) is 3.99. The maximum Gasteiger partial charge on any atom is 0.255 e. The van der Waals surface area contributed by atoms with E-state index in [1.54, 1.807) is 28.0 Å². The van der Waals surface area contributed by atoms with E-state index in [-0.39, 0.29) is 5.91 Å². The first kappa shape index (κ1) is 17.7. The lowest BCUT2D eigenvalue weighted by atomic mass is 10.1. The summed E-state index contributed by atoms with van der Waals surface area (Å²) in [5.74, 6) is 0.819. The van der Waals surface area contributed by atoms with Gasteiger partial charge in [-0.25, -0.2) is 4.98 Å². The summed E-state index contributed by atoms with van der Waals surface area (Å²) in [6, 6.07) is 16.0. The van der Waals surface area contributed by atoms with Crippen LogP contribution in [0.5, 0.6) is 0 Å². The average Bonchev–Trinajstić information content (AvgIpc) is 3.15. The SMILES string of the molecule is Cc1ccccc1CN(C)C(=O)c1ccccc1SCc1cscn1. The Kier molecular flexibility index (Phi) is 5.89. The van der Waals surface area contributed by atoms with Gasteiger partial charge < -0.3 is 4.90 Å². The predicted octanol–water partition coefficient (Wildman–Crippen LogP) is 5.02. The van der Waals surface area contributed by atoms with Crippen LogP contribution in [0, 0.1) is 6.92 Å². The number of thiazole rings is 1. The van der Waals surface area contributed by atoms with Gasteiger partial charge in [0.15, 0.2) is 0 Å². The highest BCUT2D eigenvalue weighted by Gasteiger charge is 2.16. The highest BCUT2D eigenvalue weighted by molar-refractivity contribution is 7.98. The summed E-state index contributed by atoms with van der Waals surface area (Å²) >= 11 is 3.25. The van der Waals surface area contributed by atoms with Crippen LogP contribution < -0.4 is 0 Å². The van der Waals surface area contributed by atoms with Crippen LogP contribution in [-0.2, 0) is 12.3 Å². The van der Waals surface area contributed by atoms with E-state index in [9.17, 15) is 4.79 Å². The Bertz CT molecular complexity index is 846. The van der Waals surface area contributed by atoms with E-state index in [4.69, 9.17) is 0 Å². The fourth-order valence-electron chi connectivity index (χ4n) is 2.55. The Morgan fingerprint density at radius 1 is 1.16 bits per heavy atom. The Morgan fingerprint density at radius 2 is 1.92 bits per heavy atom. The molecule has 0 aliphatic carbocycles. The lowest BCUT2D eigenvalue weighted by Gasteiger charge is -2.20. The standard InChI is InChI=1S/C20H20N2OS2/c1-15-7-3-4-8-16(15)11-22(2)20(23)18-9-5-6-10-19(18)25-13-17-12-24-14-21-17/h3-10,12,14H,11,13H2,1-2H3. The van der Waals surface area contributed by atoms with Crippen LogP contribution in [0.25, 0.3) is 0 Å². The van der Waals surface area contributed by atoms with E-state index in [1.807, 2.05) is 54.3 Å². The molecule has 0 N–H and O–H groups in total. The van der Waals surface area contributed by atoms with Crippen LogP contribution in [-0.4, -0.2) is 22.8 Å². The number of carbonyl (C=O) groups is 1. The van der Waals surface area contributed by atoms with Gasteiger partial charge in [0.05, 0.1) is 16.8 Å². The topological polar surface area (TPSA) is 33.2 Å². The number of rotatable bonds is 6. The van der Waals surface area contributed by atoms with Gasteiger partial charge in [-0.1, -0.05) is 36.4 Å². The molecule has 128 valence electrons. The minimum atomic E-state index is 0.0460. The van der Waals surface area contributed by atoms with Crippen molar-refractivity contribution in [1.29, 1.82) is 0 Å². The van der Waals surface area contributed by atoms with Gasteiger partial charge >= 0.3 is 0 Å². The fourth-order valence-corrected chi connectivity index (χ4v) is 4.16. The zero-order valence-electron chi connectivity index (χ0n) is 14.3. The Labute approximate surface area is 156 Å². The number of nitrogens with zero attached hydrogens (tertiary/aromatic N) is 2. The molecule has 0 saturated carbocycles.